The van der Waals surface area contributed by atoms with Gasteiger partial charge in [0.15, 0.2) is 18.1 Å². The third-order valence-corrected chi connectivity index (χ3v) is 5.05. The van der Waals surface area contributed by atoms with Gasteiger partial charge in [-0.15, -0.1) is 0 Å². The zero-order valence-corrected chi connectivity index (χ0v) is 17.0. The highest BCUT2D eigenvalue weighted by atomic mass is 16.7. The van der Waals surface area contributed by atoms with Gasteiger partial charge in [0.25, 0.3) is 5.91 Å². The number of H-pyrrole nitrogens is 1. The van der Waals surface area contributed by atoms with Crippen LogP contribution in [0.5, 0.6) is 11.5 Å². The molecule has 0 radical (unpaired) electrons. The van der Waals surface area contributed by atoms with Gasteiger partial charge in [-0.05, 0) is 35.9 Å². The number of nitrogens with one attached hydrogen (secondary N) is 2. The number of imidazole rings is 1. The van der Waals surface area contributed by atoms with E-state index in [-0.39, 0.29) is 13.3 Å². The number of hydrogen-bond acceptors (Lipinski definition) is 6. The summed E-state index contributed by atoms with van der Waals surface area (Å²) >= 11 is 0. The van der Waals surface area contributed by atoms with Crippen molar-refractivity contribution < 1.29 is 23.8 Å². The van der Waals surface area contributed by atoms with Crippen LogP contribution < -0.4 is 14.8 Å². The van der Waals surface area contributed by atoms with E-state index in [0.717, 1.165) is 16.6 Å². The highest BCUT2D eigenvalue weighted by Gasteiger charge is 2.18. The predicted molar refractivity (Wildman–Crippen MR) is 116 cm³/mol. The zero-order chi connectivity index (χ0) is 21.9. The maximum atomic E-state index is 12.7. The first-order valence-electron chi connectivity index (χ1n) is 10.0. The Balaban J connectivity index is 1.22. The summed E-state index contributed by atoms with van der Waals surface area (Å²) in [5.41, 5.74) is 3.45. The normalized spacial score (nSPS) is 12.0. The van der Waals surface area contributed by atoms with Gasteiger partial charge in [-0.1, -0.05) is 36.4 Å². The van der Waals surface area contributed by atoms with Crippen molar-refractivity contribution in [3.05, 3.63) is 77.9 Å². The second-order valence-corrected chi connectivity index (χ2v) is 7.19. The van der Waals surface area contributed by atoms with Gasteiger partial charge in [-0.2, -0.15) is 0 Å². The number of carbonyl (C=O) groups is 2. The first kappa shape index (κ1) is 19.6. The summed E-state index contributed by atoms with van der Waals surface area (Å²) in [6, 6.07) is 20.0. The Morgan fingerprint density at radius 2 is 1.81 bits per heavy atom. The number of carbonyl (C=O) groups excluding carboxylic acids is 2. The summed E-state index contributed by atoms with van der Waals surface area (Å²) < 4.78 is 15.9. The van der Waals surface area contributed by atoms with Crippen LogP contribution in [0.3, 0.4) is 0 Å². The van der Waals surface area contributed by atoms with Crippen molar-refractivity contribution in [3.8, 4) is 22.9 Å². The van der Waals surface area contributed by atoms with Crippen molar-refractivity contribution in [2.45, 2.75) is 6.54 Å². The third-order valence-electron chi connectivity index (χ3n) is 5.05. The van der Waals surface area contributed by atoms with Crippen LogP contribution in [-0.4, -0.2) is 35.2 Å². The molecular weight excluding hydrogens is 410 g/mol. The molecule has 0 bridgehead atoms. The molecule has 0 aliphatic carbocycles. The Bertz CT molecular complexity index is 1280. The lowest BCUT2D eigenvalue weighted by Crippen LogP contribution is -2.28. The van der Waals surface area contributed by atoms with Crippen molar-refractivity contribution in [1.29, 1.82) is 0 Å². The Morgan fingerprint density at radius 1 is 1.00 bits per heavy atom. The molecule has 160 valence electrons. The largest absolute Gasteiger partial charge is 0.454 e. The molecule has 0 fully saturated rings. The van der Waals surface area contributed by atoms with Crippen LogP contribution in [0, 0.1) is 0 Å². The minimum absolute atomic E-state index is 0.191. The summed E-state index contributed by atoms with van der Waals surface area (Å²) in [7, 11) is 0. The molecule has 1 aromatic heterocycles. The fourth-order valence-electron chi connectivity index (χ4n) is 3.46. The van der Waals surface area contributed by atoms with Crippen molar-refractivity contribution in [2.24, 2.45) is 0 Å². The van der Waals surface area contributed by atoms with E-state index in [9.17, 15) is 9.59 Å². The molecule has 32 heavy (non-hydrogen) atoms. The van der Waals surface area contributed by atoms with Gasteiger partial charge in [0.05, 0.1) is 16.6 Å². The van der Waals surface area contributed by atoms with E-state index >= 15 is 0 Å². The summed E-state index contributed by atoms with van der Waals surface area (Å²) in [6.45, 7) is 0.0804. The van der Waals surface area contributed by atoms with Gasteiger partial charge >= 0.3 is 5.97 Å². The topological polar surface area (TPSA) is 103 Å². The first-order valence-corrected chi connectivity index (χ1v) is 10.0. The van der Waals surface area contributed by atoms with Crippen LogP contribution in [-0.2, 0) is 16.1 Å². The molecule has 3 aromatic carbocycles. The average molecular weight is 429 g/mol. The van der Waals surface area contributed by atoms with Crippen LogP contribution >= 0.6 is 0 Å². The molecule has 0 unspecified atom stereocenters. The molecule has 4 aromatic rings. The zero-order valence-electron chi connectivity index (χ0n) is 17.0. The lowest BCUT2D eigenvalue weighted by atomic mass is 10.1. The van der Waals surface area contributed by atoms with Crippen molar-refractivity contribution in [1.82, 2.24) is 15.3 Å². The lowest BCUT2D eigenvalue weighted by Gasteiger charge is -2.09. The number of rotatable bonds is 6. The van der Waals surface area contributed by atoms with Gasteiger partial charge < -0.3 is 24.5 Å². The van der Waals surface area contributed by atoms with E-state index in [1.54, 1.807) is 30.3 Å². The third kappa shape index (κ3) is 3.98. The highest BCUT2D eigenvalue weighted by molar-refractivity contribution is 5.98. The number of benzene rings is 3. The molecule has 8 nitrogen and oxygen atoms in total. The second-order valence-electron chi connectivity index (χ2n) is 7.19. The predicted octanol–water partition coefficient (Wildman–Crippen LogP) is 3.43. The van der Waals surface area contributed by atoms with Gasteiger partial charge in [-0.3, -0.25) is 4.79 Å². The van der Waals surface area contributed by atoms with Gasteiger partial charge in [0.2, 0.25) is 6.79 Å². The molecule has 1 amide bonds. The molecule has 0 spiro atoms. The Kier molecular flexibility index (Phi) is 5.17. The monoisotopic (exact) mass is 429 g/mol. The summed E-state index contributed by atoms with van der Waals surface area (Å²) in [5.74, 6) is 0.880. The molecule has 2 heterocycles. The van der Waals surface area contributed by atoms with Gasteiger partial charge in [-0.25, -0.2) is 9.78 Å². The number of nitrogens with zero attached hydrogens (tertiary/aromatic N) is 1. The first-order chi connectivity index (χ1) is 15.7. The molecule has 2 N–H and O–H groups in total. The minimum atomic E-state index is -0.598. The van der Waals surface area contributed by atoms with Crippen molar-refractivity contribution >= 4 is 22.9 Å². The number of ether oxygens (including phenoxy) is 3. The Hall–Kier alpha value is -4.33. The number of hydrogen-bond donors (Lipinski definition) is 2. The Labute approximate surface area is 183 Å². The van der Waals surface area contributed by atoms with Gasteiger partial charge in [0, 0.05) is 12.1 Å². The molecule has 8 heteroatoms. The summed E-state index contributed by atoms with van der Waals surface area (Å²) in [4.78, 5) is 32.6. The maximum Gasteiger partial charge on any atom is 0.339 e. The number of para-hydroxylation sites is 2. The van der Waals surface area contributed by atoms with Crippen LogP contribution in [0.15, 0.2) is 66.7 Å². The molecular formula is C24H19N3O5. The van der Waals surface area contributed by atoms with E-state index in [0.29, 0.717) is 28.5 Å². The molecule has 0 saturated carbocycles. The van der Waals surface area contributed by atoms with Crippen molar-refractivity contribution in [2.75, 3.05) is 13.4 Å². The molecule has 5 rings (SSSR count). The number of aromatic amines is 1. The van der Waals surface area contributed by atoms with Crippen LogP contribution in [0.4, 0.5) is 0 Å². The maximum absolute atomic E-state index is 12.7. The number of fused-ring (bicyclic) bond motifs is 2. The number of amides is 1. The van der Waals surface area contributed by atoms with E-state index in [1.807, 2.05) is 36.4 Å². The van der Waals surface area contributed by atoms with Crippen LogP contribution in [0.2, 0.25) is 0 Å². The molecule has 1 aliphatic heterocycles. The molecule has 0 atom stereocenters. The number of aromatic nitrogens is 2. The fourth-order valence-corrected chi connectivity index (χ4v) is 3.46. The van der Waals surface area contributed by atoms with Crippen molar-refractivity contribution in [3.63, 3.8) is 0 Å². The lowest BCUT2D eigenvalue weighted by molar-refractivity contribution is -0.124. The SMILES string of the molecule is O=C(COC(=O)c1ccccc1-c1nc2ccccc2[nH]1)NCc1ccc2c(c1)OCO2. The minimum Gasteiger partial charge on any atom is -0.454 e. The van der Waals surface area contributed by atoms with E-state index in [2.05, 4.69) is 15.3 Å². The van der Waals surface area contributed by atoms with E-state index < -0.39 is 18.5 Å². The van der Waals surface area contributed by atoms with E-state index in [1.165, 1.54) is 0 Å². The Morgan fingerprint density at radius 3 is 2.72 bits per heavy atom. The average Bonchev–Trinajstić information content (AvgIpc) is 3.47. The number of esters is 1. The smallest absolute Gasteiger partial charge is 0.339 e. The standard InChI is InChI=1S/C24H19N3O5/c28-22(25-12-15-9-10-20-21(11-15)32-14-31-20)13-30-24(29)17-6-2-1-5-16(17)23-26-18-7-3-4-8-19(18)27-23/h1-11H,12-14H2,(H,25,28)(H,26,27). The molecule has 0 saturated heterocycles. The van der Waals surface area contributed by atoms with Crippen LogP contribution in [0.1, 0.15) is 15.9 Å². The summed E-state index contributed by atoms with van der Waals surface area (Å²) in [5, 5.41) is 2.73. The van der Waals surface area contributed by atoms with Gasteiger partial charge in [0.1, 0.15) is 5.82 Å². The van der Waals surface area contributed by atoms with E-state index in [4.69, 9.17) is 14.2 Å². The van der Waals surface area contributed by atoms with Crippen LogP contribution in [0.25, 0.3) is 22.4 Å². The fraction of sp³-hybridized carbons (Fsp3) is 0.125. The second kappa shape index (κ2) is 8.43. The molecule has 1 aliphatic rings. The quantitative estimate of drug-likeness (QED) is 0.455. The summed E-state index contributed by atoms with van der Waals surface area (Å²) in [6.07, 6.45) is 0. The highest BCUT2D eigenvalue weighted by Crippen LogP contribution is 2.32.